The number of rotatable bonds is 6. The molecule has 176 valence electrons. The molecule has 0 aromatic carbocycles. The Labute approximate surface area is 190 Å². The van der Waals surface area contributed by atoms with Crippen LogP contribution in [0.25, 0.3) is 0 Å². The van der Waals surface area contributed by atoms with E-state index >= 15 is 0 Å². The Morgan fingerprint density at radius 3 is 2.58 bits per heavy atom. The summed E-state index contributed by atoms with van der Waals surface area (Å²) >= 11 is 0. The van der Waals surface area contributed by atoms with Gasteiger partial charge in [-0.1, -0.05) is 47.0 Å². The minimum atomic E-state index is -0.182. The van der Waals surface area contributed by atoms with E-state index in [1.54, 1.807) is 0 Å². The molecule has 0 aromatic rings. The molecule has 2 heterocycles. The van der Waals surface area contributed by atoms with Crippen LogP contribution in [0.15, 0.2) is 11.8 Å². The molecule has 0 spiro atoms. The molecule has 3 fully saturated rings. The zero-order valence-corrected chi connectivity index (χ0v) is 20.9. The summed E-state index contributed by atoms with van der Waals surface area (Å²) in [5.41, 5.74) is 0.400. The lowest BCUT2D eigenvalue weighted by atomic mass is 9.52. The van der Waals surface area contributed by atoms with Crippen molar-refractivity contribution in [1.82, 2.24) is 0 Å². The van der Waals surface area contributed by atoms with Crippen LogP contribution >= 0.6 is 0 Å². The van der Waals surface area contributed by atoms with E-state index in [0.29, 0.717) is 11.3 Å². The van der Waals surface area contributed by atoms with Gasteiger partial charge in [0.1, 0.15) is 11.7 Å². The highest BCUT2D eigenvalue weighted by molar-refractivity contribution is 5.66. The topological polar surface area (TPSA) is 35.5 Å². The fourth-order valence-electron chi connectivity index (χ4n) is 8.37. The van der Waals surface area contributed by atoms with Crippen LogP contribution in [0.5, 0.6) is 0 Å². The highest BCUT2D eigenvalue weighted by atomic mass is 16.5. The maximum Gasteiger partial charge on any atom is 0.303 e. The SMILES string of the molecule is CC(=O)O[C@@H]1C=C2C[C@H]3[C@@H]4CC[C@H]([C@H](C)CCCC(C)C)[C@@]4(C)CC[C@@H]3[C@@](C)(CC1)O2. The highest BCUT2D eigenvalue weighted by Crippen LogP contribution is 2.65. The molecule has 8 atom stereocenters. The van der Waals surface area contributed by atoms with Crippen LogP contribution in [0.4, 0.5) is 0 Å². The number of hydrogen-bond acceptors (Lipinski definition) is 3. The molecular formula is C28H46O3. The molecule has 4 aliphatic rings. The summed E-state index contributed by atoms with van der Waals surface area (Å²) in [6.07, 6.45) is 14.6. The van der Waals surface area contributed by atoms with E-state index in [4.69, 9.17) is 9.47 Å². The molecule has 1 saturated heterocycles. The van der Waals surface area contributed by atoms with Crippen molar-refractivity contribution in [3.8, 4) is 0 Å². The van der Waals surface area contributed by atoms with Crippen LogP contribution in [0.2, 0.25) is 0 Å². The molecule has 31 heavy (non-hydrogen) atoms. The van der Waals surface area contributed by atoms with Gasteiger partial charge in [-0.2, -0.15) is 0 Å². The third-order valence-electron chi connectivity index (χ3n) is 9.84. The zero-order chi connectivity index (χ0) is 22.4. The van der Waals surface area contributed by atoms with E-state index in [1.807, 2.05) is 0 Å². The standard InChI is InChI=1S/C28H46O3/c1-18(2)8-7-9-19(3)24-10-11-25-23-17-22-16-21(30-20(4)29)12-15-28(6,31-22)26(23)13-14-27(24,25)5/h16,18-19,21,23-26H,7-15,17H2,1-6H3/t19-,21+,23+,24-,25+,26+,27-,28-/m1/s1. The molecular weight excluding hydrogens is 384 g/mol. The summed E-state index contributed by atoms with van der Waals surface area (Å²) in [5, 5.41) is 0. The first-order chi connectivity index (χ1) is 14.6. The molecule has 0 unspecified atom stereocenters. The molecule has 2 bridgehead atoms. The van der Waals surface area contributed by atoms with Gasteiger partial charge in [-0.3, -0.25) is 4.79 Å². The summed E-state index contributed by atoms with van der Waals surface area (Å²) in [5.74, 6) is 5.66. The Hall–Kier alpha value is -0.990. The fourth-order valence-corrected chi connectivity index (χ4v) is 8.37. The van der Waals surface area contributed by atoms with Crippen molar-refractivity contribution in [1.29, 1.82) is 0 Å². The number of carbonyl (C=O) groups is 1. The van der Waals surface area contributed by atoms with Gasteiger partial charge in [0.05, 0.1) is 5.76 Å². The molecule has 2 aliphatic heterocycles. The van der Waals surface area contributed by atoms with E-state index < -0.39 is 0 Å². The van der Waals surface area contributed by atoms with Gasteiger partial charge in [0.25, 0.3) is 0 Å². The first-order valence-corrected chi connectivity index (χ1v) is 13.2. The number of ether oxygens (including phenoxy) is 2. The molecule has 0 aromatic heterocycles. The predicted molar refractivity (Wildman–Crippen MR) is 125 cm³/mol. The summed E-state index contributed by atoms with van der Waals surface area (Å²) in [4.78, 5) is 11.6. The van der Waals surface area contributed by atoms with Crippen molar-refractivity contribution >= 4 is 5.97 Å². The van der Waals surface area contributed by atoms with Gasteiger partial charge in [0, 0.05) is 19.3 Å². The smallest absolute Gasteiger partial charge is 0.303 e. The van der Waals surface area contributed by atoms with Crippen molar-refractivity contribution in [3.63, 3.8) is 0 Å². The van der Waals surface area contributed by atoms with Gasteiger partial charge in [0.2, 0.25) is 0 Å². The lowest BCUT2D eigenvalue weighted by Crippen LogP contribution is -2.53. The Bertz CT molecular complexity index is 696. The molecule has 3 heteroatoms. The van der Waals surface area contributed by atoms with Crippen molar-refractivity contribution < 1.29 is 14.3 Å². The third kappa shape index (κ3) is 4.44. The van der Waals surface area contributed by atoms with E-state index in [0.717, 1.165) is 54.6 Å². The largest absolute Gasteiger partial charge is 0.492 e. The normalized spacial score (nSPS) is 42.7. The van der Waals surface area contributed by atoms with Crippen LogP contribution < -0.4 is 0 Å². The Kier molecular flexibility index (Phi) is 6.54. The van der Waals surface area contributed by atoms with Gasteiger partial charge >= 0.3 is 5.97 Å². The molecule has 4 rings (SSSR count). The molecule has 2 saturated carbocycles. The van der Waals surface area contributed by atoms with Gasteiger partial charge < -0.3 is 9.47 Å². The first-order valence-electron chi connectivity index (χ1n) is 13.2. The number of fused-ring (bicyclic) bond motifs is 6. The Morgan fingerprint density at radius 2 is 1.87 bits per heavy atom. The maximum atomic E-state index is 11.6. The zero-order valence-electron chi connectivity index (χ0n) is 20.9. The fraction of sp³-hybridized carbons (Fsp3) is 0.893. The second-order valence-corrected chi connectivity index (χ2v) is 12.3. The average molecular weight is 431 g/mol. The second kappa shape index (κ2) is 8.75. The molecule has 0 radical (unpaired) electrons. The Morgan fingerprint density at radius 1 is 1.10 bits per heavy atom. The average Bonchev–Trinajstić information content (AvgIpc) is 2.96. The minimum absolute atomic E-state index is 0.0913. The van der Waals surface area contributed by atoms with Crippen LogP contribution in [0.1, 0.15) is 106 Å². The molecule has 3 nitrogen and oxygen atoms in total. The summed E-state index contributed by atoms with van der Waals surface area (Å²) in [6.45, 7) is 13.8. The molecule has 0 N–H and O–H groups in total. The van der Waals surface area contributed by atoms with Crippen molar-refractivity contribution in [2.45, 2.75) is 117 Å². The lowest BCUT2D eigenvalue weighted by Gasteiger charge is -2.56. The maximum absolute atomic E-state index is 11.6. The monoisotopic (exact) mass is 430 g/mol. The third-order valence-corrected chi connectivity index (χ3v) is 9.84. The summed E-state index contributed by atoms with van der Waals surface area (Å²) < 4.78 is 12.2. The van der Waals surface area contributed by atoms with Gasteiger partial charge in [-0.25, -0.2) is 0 Å². The number of allylic oxidation sites excluding steroid dienone is 1. The van der Waals surface area contributed by atoms with Gasteiger partial charge in [-0.15, -0.1) is 0 Å². The van der Waals surface area contributed by atoms with E-state index in [-0.39, 0.29) is 17.7 Å². The summed E-state index contributed by atoms with van der Waals surface area (Å²) in [6, 6.07) is 0. The quantitative estimate of drug-likeness (QED) is 0.415. The number of esters is 1. The summed E-state index contributed by atoms with van der Waals surface area (Å²) in [7, 11) is 0. The molecule has 0 amide bonds. The van der Waals surface area contributed by atoms with E-state index in [9.17, 15) is 4.79 Å². The van der Waals surface area contributed by atoms with Crippen LogP contribution in [-0.2, 0) is 14.3 Å². The Balaban J connectivity index is 1.51. The van der Waals surface area contributed by atoms with Gasteiger partial charge in [0.15, 0.2) is 0 Å². The minimum Gasteiger partial charge on any atom is -0.492 e. The molecule has 2 aliphatic carbocycles. The van der Waals surface area contributed by atoms with E-state index in [2.05, 4.69) is 40.7 Å². The van der Waals surface area contributed by atoms with Crippen LogP contribution in [0.3, 0.4) is 0 Å². The van der Waals surface area contributed by atoms with Crippen molar-refractivity contribution in [2.75, 3.05) is 0 Å². The first kappa shape index (κ1) is 23.2. The lowest BCUT2D eigenvalue weighted by molar-refractivity contribution is -0.149. The van der Waals surface area contributed by atoms with E-state index in [1.165, 1.54) is 51.9 Å². The predicted octanol–water partition coefficient (Wildman–Crippen LogP) is 7.30. The van der Waals surface area contributed by atoms with Crippen LogP contribution in [-0.4, -0.2) is 17.7 Å². The number of hydrogen-bond donors (Lipinski definition) is 0. The second-order valence-electron chi connectivity index (χ2n) is 12.3. The van der Waals surface area contributed by atoms with Crippen LogP contribution in [0, 0.1) is 40.9 Å². The highest BCUT2D eigenvalue weighted by Gasteiger charge is 2.60. The van der Waals surface area contributed by atoms with Crippen molar-refractivity contribution in [2.24, 2.45) is 40.9 Å². The van der Waals surface area contributed by atoms with Gasteiger partial charge in [-0.05, 0) is 86.5 Å². The van der Waals surface area contributed by atoms with Crippen molar-refractivity contribution in [3.05, 3.63) is 11.8 Å². The number of carbonyl (C=O) groups excluding carboxylic acids is 1.